The Morgan fingerprint density at radius 2 is 1.89 bits per heavy atom. The zero-order valence-corrected chi connectivity index (χ0v) is 12.1. The lowest BCUT2D eigenvalue weighted by Crippen LogP contribution is -2.01. The maximum atomic E-state index is 6.11. The van der Waals surface area contributed by atoms with E-state index in [4.69, 9.17) is 11.6 Å². The van der Waals surface area contributed by atoms with Crippen LogP contribution in [-0.2, 0) is 13.6 Å². The molecule has 0 aliphatic heterocycles. The molecule has 0 aliphatic rings. The van der Waals surface area contributed by atoms with Crippen LogP contribution in [-0.4, -0.2) is 4.57 Å². The summed E-state index contributed by atoms with van der Waals surface area (Å²) in [5.74, 6) is 0. The standard InChI is InChI=1S/C15H19ClN2/c1-10-5-6-14(8-15(10)16)17-9-13-7-11(2)18(4)12(13)3/h5-8,17H,9H2,1-4H3. The first-order valence-corrected chi connectivity index (χ1v) is 6.48. The van der Waals surface area contributed by atoms with Gasteiger partial charge in [-0.3, -0.25) is 0 Å². The summed E-state index contributed by atoms with van der Waals surface area (Å²) in [5, 5.41) is 4.22. The van der Waals surface area contributed by atoms with Gasteiger partial charge in [-0.25, -0.2) is 0 Å². The summed E-state index contributed by atoms with van der Waals surface area (Å²) in [5.41, 5.74) is 6.08. The first kappa shape index (κ1) is 13.0. The van der Waals surface area contributed by atoms with Crippen LogP contribution in [0.15, 0.2) is 24.3 Å². The molecule has 0 amide bonds. The van der Waals surface area contributed by atoms with Crippen LogP contribution in [0.5, 0.6) is 0 Å². The third kappa shape index (κ3) is 2.54. The number of anilines is 1. The van der Waals surface area contributed by atoms with Crippen LogP contribution in [0.1, 0.15) is 22.5 Å². The van der Waals surface area contributed by atoms with Gasteiger partial charge in [0.05, 0.1) is 0 Å². The Hall–Kier alpha value is -1.41. The molecular formula is C15H19ClN2. The molecule has 0 saturated carbocycles. The summed E-state index contributed by atoms with van der Waals surface area (Å²) in [7, 11) is 2.09. The lowest BCUT2D eigenvalue weighted by atomic mass is 10.2. The van der Waals surface area contributed by atoms with Crippen LogP contribution >= 0.6 is 11.6 Å². The summed E-state index contributed by atoms with van der Waals surface area (Å²) >= 11 is 6.11. The first-order chi connectivity index (χ1) is 8.49. The van der Waals surface area contributed by atoms with E-state index < -0.39 is 0 Å². The van der Waals surface area contributed by atoms with Gasteiger partial charge >= 0.3 is 0 Å². The fourth-order valence-corrected chi connectivity index (χ4v) is 2.19. The molecule has 18 heavy (non-hydrogen) atoms. The van der Waals surface area contributed by atoms with E-state index in [1.54, 1.807) is 0 Å². The molecule has 0 bridgehead atoms. The molecule has 3 heteroatoms. The van der Waals surface area contributed by atoms with Crippen molar-refractivity contribution in [2.45, 2.75) is 27.3 Å². The Labute approximate surface area is 114 Å². The fourth-order valence-electron chi connectivity index (χ4n) is 2.01. The molecule has 0 radical (unpaired) electrons. The van der Waals surface area contributed by atoms with Gasteiger partial charge in [-0.15, -0.1) is 0 Å². The van der Waals surface area contributed by atoms with Crippen molar-refractivity contribution < 1.29 is 0 Å². The van der Waals surface area contributed by atoms with Crippen molar-refractivity contribution in [2.24, 2.45) is 7.05 Å². The highest BCUT2D eigenvalue weighted by molar-refractivity contribution is 6.31. The van der Waals surface area contributed by atoms with Crippen molar-refractivity contribution in [3.8, 4) is 0 Å². The van der Waals surface area contributed by atoms with Gasteiger partial charge in [0.2, 0.25) is 0 Å². The quantitative estimate of drug-likeness (QED) is 0.877. The molecule has 0 saturated heterocycles. The predicted molar refractivity (Wildman–Crippen MR) is 78.4 cm³/mol. The van der Waals surface area contributed by atoms with E-state index in [-0.39, 0.29) is 0 Å². The predicted octanol–water partition coefficient (Wildman–Crippen LogP) is 4.22. The highest BCUT2D eigenvalue weighted by Crippen LogP contribution is 2.21. The Morgan fingerprint density at radius 3 is 2.44 bits per heavy atom. The van der Waals surface area contributed by atoms with Crippen molar-refractivity contribution in [3.05, 3.63) is 51.8 Å². The van der Waals surface area contributed by atoms with Gasteiger partial charge in [-0.2, -0.15) is 0 Å². The average molecular weight is 263 g/mol. The molecular weight excluding hydrogens is 244 g/mol. The third-order valence-corrected chi connectivity index (χ3v) is 3.94. The molecule has 1 heterocycles. The van der Waals surface area contributed by atoms with Crippen molar-refractivity contribution >= 4 is 17.3 Å². The molecule has 2 nitrogen and oxygen atoms in total. The van der Waals surface area contributed by atoms with Gasteiger partial charge in [-0.05, 0) is 50.1 Å². The molecule has 1 aromatic heterocycles. The lowest BCUT2D eigenvalue weighted by molar-refractivity contribution is 0.837. The summed E-state index contributed by atoms with van der Waals surface area (Å²) in [6.45, 7) is 7.11. The molecule has 2 rings (SSSR count). The van der Waals surface area contributed by atoms with Crippen LogP contribution in [0.4, 0.5) is 5.69 Å². The highest BCUT2D eigenvalue weighted by Gasteiger charge is 2.05. The fraction of sp³-hybridized carbons (Fsp3) is 0.333. The second-order valence-corrected chi connectivity index (χ2v) is 5.18. The van der Waals surface area contributed by atoms with Gasteiger partial charge in [0.1, 0.15) is 0 Å². The van der Waals surface area contributed by atoms with Crippen molar-refractivity contribution in [3.63, 3.8) is 0 Å². The largest absolute Gasteiger partial charge is 0.381 e. The van der Waals surface area contributed by atoms with Gasteiger partial charge in [0.15, 0.2) is 0 Å². The van der Waals surface area contributed by atoms with Crippen molar-refractivity contribution in [1.82, 2.24) is 4.57 Å². The van der Waals surface area contributed by atoms with E-state index in [1.807, 2.05) is 19.1 Å². The van der Waals surface area contributed by atoms with Crippen LogP contribution in [0.25, 0.3) is 0 Å². The number of nitrogens with zero attached hydrogens (tertiary/aromatic N) is 1. The van der Waals surface area contributed by atoms with Gasteiger partial charge in [0.25, 0.3) is 0 Å². The summed E-state index contributed by atoms with van der Waals surface area (Å²) < 4.78 is 2.21. The van der Waals surface area contributed by atoms with E-state index in [9.17, 15) is 0 Å². The Bertz CT molecular complexity index is 570. The third-order valence-electron chi connectivity index (χ3n) is 3.53. The van der Waals surface area contributed by atoms with Gasteiger partial charge in [0, 0.05) is 35.7 Å². The molecule has 1 aromatic carbocycles. The highest BCUT2D eigenvalue weighted by atomic mass is 35.5. The summed E-state index contributed by atoms with van der Waals surface area (Å²) in [6.07, 6.45) is 0. The number of rotatable bonds is 3. The van der Waals surface area contributed by atoms with E-state index in [0.29, 0.717) is 0 Å². The van der Waals surface area contributed by atoms with E-state index in [1.165, 1.54) is 17.0 Å². The minimum Gasteiger partial charge on any atom is -0.381 e. The average Bonchev–Trinajstić information content (AvgIpc) is 2.58. The zero-order chi connectivity index (χ0) is 13.3. The smallest absolute Gasteiger partial charge is 0.0455 e. The van der Waals surface area contributed by atoms with E-state index in [0.717, 1.165) is 22.8 Å². The molecule has 0 atom stereocenters. The van der Waals surface area contributed by atoms with E-state index in [2.05, 4.69) is 42.9 Å². The summed E-state index contributed by atoms with van der Waals surface area (Å²) in [6, 6.07) is 8.29. The molecule has 96 valence electrons. The first-order valence-electron chi connectivity index (χ1n) is 6.11. The number of nitrogens with one attached hydrogen (secondary N) is 1. The summed E-state index contributed by atoms with van der Waals surface area (Å²) in [4.78, 5) is 0. The maximum absolute atomic E-state index is 6.11. The Morgan fingerprint density at radius 1 is 1.17 bits per heavy atom. The molecule has 0 unspecified atom stereocenters. The minimum atomic E-state index is 0.806. The maximum Gasteiger partial charge on any atom is 0.0455 e. The SMILES string of the molecule is Cc1ccc(NCc2cc(C)n(C)c2C)cc1Cl. The number of hydrogen-bond donors (Lipinski definition) is 1. The molecule has 0 aliphatic carbocycles. The second-order valence-electron chi connectivity index (χ2n) is 4.77. The second kappa shape index (κ2) is 5.07. The molecule has 0 fully saturated rings. The lowest BCUT2D eigenvalue weighted by Gasteiger charge is -2.08. The Kier molecular flexibility index (Phi) is 3.67. The molecule has 1 N–H and O–H groups in total. The van der Waals surface area contributed by atoms with E-state index >= 15 is 0 Å². The van der Waals surface area contributed by atoms with Crippen LogP contribution in [0.3, 0.4) is 0 Å². The number of aryl methyl sites for hydroxylation is 2. The number of halogens is 1. The normalized spacial score (nSPS) is 10.7. The number of aromatic nitrogens is 1. The van der Waals surface area contributed by atoms with Crippen molar-refractivity contribution in [1.29, 1.82) is 0 Å². The number of benzene rings is 1. The van der Waals surface area contributed by atoms with Crippen LogP contribution in [0.2, 0.25) is 5.02 Å². The zero-order valence-electron chi connectivity index (χ0n) is 11.3. The topological polar surface area (TPSA) is 17.0 Å². The molecule has 0 spiro atoms. The monoisotopic (exact) mass is 262 g/mol. The minimum absolute atomic E-state index is 0.806. The van der Waals surface area contributed by atoms with Crippen molar-refractivity contribution in [2.75, 3.05) is 5.32 Å². The van der Waals surface area contributed by atoms with Crippen LogP contribution in [0, 0.1) is 20.8 Å². The Balaban J connectivity index is 2.11. The number of hydrogen-bond acceptors (Lipinski definition) is 1. The van der Waals surface area contributed by atoms with Gasteiger partial charge in [-0.1, -0.05) is 17.7 Å². The van der Waals surface area contributed by atoms with Gasteiger partial charge < -0.3 is 9.88 Å². The molecule has 2 aromatic rings. The van der Waals surface area contributed by atoms with Crippen LogP contribution < -0.4 is 5.32 Å².